The van der Waals surface area contributed by atoms with Gasteiger partial charge in [-0.2, -0.15) is 0 Å². The molecule has 15 heavy (non-hydrogen) atoms. The van der Waals surface area contributed by atoms with Crippen molar-refractivity contribution in [2.75, 3.05) is 0 Å². The van der Waals surface area contributed by atoms with Gasteiger partial charge in [-0.15, -0.1) is 0 Å². The van der Waals surface area contributed by atoms with Crippen LogP contribution in [0, 0.1) is 12.7 Å². The zero-order valence-corrected chi connectivity index (χ0v) is 10.3. The normalized spacial score (nSPS) is 17.0. The Kier molecular flexibility index (Phi) is 3.29. The van der Waals surface area contributed by atoms with Crippen LogP contribution < -0.4 is 4.74 Å². The van der Waals surface area contributed by atoms with Crippen LogP contribution in [-0.2, 0) is 0 Å². The van der Waals surface area contributed by atoms with Crippen molar-refractivity contribution in [2.45, 2.75) is 38.7 Å². The van der Waals surface area contributed by atoms with Gasteiger partial charge in [0.15, 0.2) is 0 Å². The lowest BCUT2D eigenvalue weighted by molar-refractivity contribution is 0.207. The molecule has 2 rings (SSSR count). The van der Waals surface area contributed by atoms with Gasteiger partial charge in [0.05, 0.1) is 10.6 Å². The summed E-state index contributed by atoms with van der Waals surface area (Å²) in [5.74, 6) is 0.427. The highest BCUT2D eigenvalue weighted by Gasteiger charge is 2.18. The van der Waals surface area contributed by atoms with Crippen LogP contribution in [0.3, 0.4) is 0 Å². The van der Waals surface area contributed by atoms with Gasteiger partial charge in [-0.1, -0.05) is 0 Å². The molecule has 0 bridgehead atoms. The van der Waals surface area contributed by atoms with E-state index in [1.54, 1.807) is 13.0 Å². The third-order valence-electron chi connectivity index (χ3n) is 2.81. The molecule has 1 aromatic carbocycles. The molecule has 0 N–H and O–H groups in total. The minimum atomic E-state index is -0.203. The van der Waals surface area contributed by atoms with Crippen molar-refractivity contribution in [1.29, 1.82) is 0 Å². The summed E-state index contributed by atoms with van der Waals surface area (Å²) in [4.78, 5) is 0. The second kappa shape index (κ2) is 4.52. The van der Waals surface area contributed by atoms with E-state index in [0.29, 0.717) is 11.3 Å². The minimum Gasteiger partial charge on any atom is -0.489 e. The van der Waals surface area contributed by atoms with Gasteiger partial charge in [0.25, 0.3) is 0 Å². The van der Waals surface area contributed by atoms with E-state index in [-0.39, 0.29) is 11.9 Å². The van der Waals surface area contributed by atoms with E-state index < -0.39 is 0 Å². The zero-order valence-electron chi connectivity index (χ0n) is 8.72. The summed E-state index contributed by atoms with van der Waals surface area (Å²) in [5.41, 5.74) is 0.639. The number of ether oxygens (including phenoxy) is 1. The smallest absolute Gasteiger partial charge is 0.136 e. The molecule has 0 amide bonds. The highest BCUT2D eigenvalue weighted by atomic mass is 79.9. The Morgan fingerprint density at radius 3 is 2.67 bits per heavy atom. The molecule has 1 aromatic rings. The molecule has 0 radical (unpaired) electrons. The summed E-state index contributed by atoms with van der Waals surface area (Å²) < 4.78 is 19.9. The van der Waals surface area contributed by atoms with Crippen molar-refractivity contribution in [3.8, 4) is 5.75 Å². The summed E-state index contributed by atoms with van der Waals surface area (Å²) in [6, 6.07) is 3.23. The van der Waals surface area contributed by atoms with Gasteiger partial charge in [0, 0.05) is 6.07 Å². The lowest BCUT2D eigenvalue weighted by atomic mass is 10.2. The minimum absolute atomic E-state index is 0.203. The van der Waals surface area contributed by atoms with Crippen molar-refractivity contribution >= 4 is 15.9 Å². The van der Waals surface area contributed by atoms with Gasteiger partial charge in [0.1, 0.15) is 11.6 Å². The van der Waals surface area contributed by atoms with Gasteiger partial charge in [0.2, 0.25) is 0 Å². The van der Waals surface area contributed by atoms with Gasteiger partial charge >= 0.3 is 0 Å². The SMILES string of the molecule is Cc1cc(Br)c(OC2CCCC2)cc1F. The molecule has 1 nitrogen and oxygen atoms in total. The Balaban J connectivity index is 2.16. The first kappa shape index (κ1) is 10.9. The molecule has 0 aliphatic heterocycles. The number of benzene rings is 1. The fourth-order valence-electron chi connectivity index (χ4n) is 1.90. The second-order valence-electron chi connectivity index (χ2n) is 4.06. The van der Waals surface area contributed by atoms with Crippen LogP contribution in [0.15, 0.2) is 16.6 Å². The molecule has 0 atom stereocenters. The van der Waals surface area contributed by atoms with E-state index in [1.165, 1.54) is 18.9 Å². The molecule has 1 fully saturated rings. The van der Waals surface area contributed by atoms with Crippen molar-refractivity contribution in [3.05, 3.63) is 28.0 Å². The molecule has 0 unspecified atom stereocenters. The zero-order chi connectivity index (χ0) is 10.8. The molecule has 0 spiro atoms. The van der Waals surface area contributed by atoms with Crippen LogP contribution in [0.2, 0.25) is 0 Å². The monoisotopic (exact) mass is 272 g/mol. The molecule has 1 aliphatic carbocycles. The molecular weight excluding hydrogens is 259 g/mol. The Morgan fingerprint density at radius 2 is 2.00 bits per heavy atom. The average Bonchev–Trinajstić information content (AvgIpc) is 2.67. The Bertz CT molecular complexity index is 359. The van der Waals surface area contributed by atoms with E-state index >= 15 is 0 Å². The van der Waals surface area contributed by atoms with Gasteiger partial charge in [-0.3, -0.25) is 0 Å². The summed E-state index contributed by atoms with van der Waals surface area (Å²) in [6.45, 7) is 1.75. The maximum absolute atomic E-state index is 13.3. The van der Waals surface area contributed by atoms with Crippen LogP contribution in [0.4, 0.5) is 4.39 Å². The maximum Gasteiger partial charge on any atom is 0.136 e. The predicted molar refractivity (Wildman–Crippen MR) is 61.7 cm³/mol. The number of rotatable bonds is 2. The average molecular weight is 273 g/mol. The molecule has 0 saturated heterocycles. The third-order valence-corrected chi connectivity index (χ3v) is 3.43. The first-order valence-corrected chi connectivity index (χ1v) is 6.08. The molecule has 82 valence electrons. The molecule has 3 heteroatoms. The fraction of sp³-hybridized carbons (Fsp3) is 0.500. The van der Waals surface area contributed by atoms with Crippen molar-refractivity contribution in [2.24, 2.45) is 0 Å². The van der Waals surface area contributed by atoms with Gasteiger partial charge in [-0.05, 0) is 60.2 Å². The lowest BCUT2D eigenvalue weighted by Crippen LogP contribution is -2.11. The first-order valence-electron chi connectivity index (χ1n) is 5.29. The summed E-state index contributed by atoms with van der Waals surface area (Å²) in [5, 5.41) is 0. The number of hydrogen-bond acceptors (Lipinski definition) is 1. The van der Waals surface area contributed by atoms with Gasteiger partial charge in [-0.25, -0.2) is 4.39 Å². The molecule has 0 aromatic heterocycles. The van der Waals surface area contributed by atoms with Crippen LogP contribution in [0.25, 0.3) is 0 Å². The Hall–Kier alpha value is -0.570. The van der Waals surface area contributed by atoms with Crippen molar-refractivity contribution < 1.29 is 9.13 Å². The summed E-state index contributed by atoms with van der Waals surface area (Å²) in [6.07, 6.45) is 4.88. The standard InChI is InChI=1S/C12H14BrFO/c1-8-6-10(13)12(7-11(8)14)15-9-4-2-3-5-9/h6-7,9H,2-5H2,1H3. The van der Waals surface area contributed by atoms with E-state index in [4.69, 9.17) is 4.74 Å². The Morgan fingerprint density at radius 1 is 1.33 bits per heavy atom. The molecule has 1 saturated carbocycles. The van der Waals surface area contributed by atoms with Crippen LogP contribution in [0.1, 0.15) is 31.2 Å². The quantitative estimate of drug-likeness (QED) is 0.784. The third kappa shape index (κ3) is 2.51. The lowest BCUT2D eigenvalue weighted by Gasteiger charge is -2.15. The van der Waals surface area contributed by atoms with Crippen molar-refractivity contribution in [1.82, 2.24) is 0 Å². The van der Waals surface area contributed by atoms with E-state index in [0.717, 1.165) is 17.3 Å². The maximum atomic E-state index is 13.3. The molecule has 1 aliphatic rings. The second-order valence-corrected chi connectivity index (χ2v) is 4.91. The van der Waals surface area contributed by atoms with E-state index in [2.05, 4.69) is 15.9 Å². The largest absolute Gasteiger partial charge is 0.489 e. The highest BCUT2D eigenvalue weighted by Crippen LogP contribution is 2.31. The summed E-state index contributed by atoms with van der Waals surface area (Å²) >= 11 is 3.40. The van der Waals surface area contributed by atoms with Crippen LogP contribution >= 0.6 is 15.9 Å². The van der Waals surface area contributed by atoms with Crippen molar-refractivity contribution in [3.63, 3.8) is 0 Å². The van der Waals surface area contributed by atoms with E-state index in [9.17, 15) is 4.39 Å². The van der Waals surface area contributed by atoms with Crippen LogP contribution in [-0.4, -0.2) is 6.10 Å². The highest BCUT2D eigenvalue weighted by molar-refractivity contribution is 9.10. The molecule has 0 heterocycles. The fourth-order valence-corrected chi connectivity index (χ4v) is 2.46. The Labute approximate surface area is 97.8 Å². The number of aryl methyl sites for hydroxylation is 1. The topological polar surface area (TPSA) is 9.23 Å². The number of hydrogen-bond donors (Lipinski definition) is 0. The van der Waals surface area contributed by atoms with Crippen LogP contribution in [0.5, 0.6) is 5.75 Å². The summed E-state index contributed by atoms with van der Waals surface area (Å²) in [7, 11) is 0. The first-order chi connectivity index (χ1) is 7.16. The van der Waals surface area contributed by atoms with E-state index in [1.807, 2.05) is 0 Å². The van der Waals surface area contributed by atoms with Gasteiger partial charge < -0.3 is 4.74 Å². The molecular formula is C12H14BrFO. The predicted octanol–water partition coefficient (Wildman–Crippen LogP) is 4.22. The number of halogens is 2.